The molecule has 6 heteroatoms. The van der Waals surface area contributed by atoms with Crippen molar-refractivity contribution in [2.24, 2.45) is 0 Å². The van der Waals surface area contributed by atoms with Crippen molar-refractivity contribution in [2.45, 2.75) is 147 Å². The summed E-state index contributed by atoms with van der Waals surface area (Å²) in [6.07, 6.45) is 26.4. The molecule has 1 unspecified atom stereocenters. The van der Waals surface area contributed by atoms with Gasteiger partial charge in [0.2, 0.25) is 0 Å². The van der Waals surface area contributed by atoms with Crippen LogP contribution in [-0.4, -0.2) is 29.9 Å². The number of unbranched alkanes of at least 4 members (excludes halogenated alkanes) is 19. The number of aliphatic hydroxyl groups is 1. The summed E-state index contributed by atoms with van der Waals surface area (Å²) in [4.78, 5) is 0. The van der Waals surface area contributed by atoms with E-state index in [9.17, 15) is 13.0 Å². The van der Waals surface area contributed by atoms with E-state index >= 15 is 0 Å². The van der Waals surface area contributed by atoms with Crippen LogP contribution < -0.4 is 51.4 Å². The van der Waals surface area contributed by atoms with Crippen molar-refractivity contribution in [3.05, 3.63) is 0 Å². The van der Waals surface area contributed by atoms with E-state index in [-0.39, 0.29) is 51.4 Å². The normalized spacial score (nSPS) is 12.6. The quantitative estimate of drug-likeness (QED) is 0.138. The van der Waals surface area contributed by atoms with Crippen LogP contribution in [0.2, 0.25) is 0 Å². The zero-order valence-corrected chi connectivity index (χ0v) is 24.2. The molecule has 0 aromatic rings. The van der Waals surface area contributed by atoms with Gasteiger partial charge in [-0.15, -0.1) is 0 Å². The summed E-state index contributed by atoms with van der Waals surface area (Å²) in [6, 6.07) is 0. The first-order valence-electron chi connectivity index (χ1n) is 12.6. The number of aliphatic hydroxyl groups excluding tert-OH is 1. The largest absolute Gasteiger partial charge is 1.00 e. The molecule has 0 bridgehead atoms. The van der Waals surface area contributed by atoms with Gasteiger partial charge >= 0.3 is 51.4 Å². The third-order valence-electron chi connectivity index (χ3n) is 5.99. The van der Waals surface area contributed by atoms with E-state index in [4.69, 9.17) is 5.11 Å². The van der Waals surface area contributed by atoms with Gasteiger partial charge < -0.3 is 9.66 Å². The van der Waals surface area contributed by atoms with Crippen molar-refractivity contribution in [1.29, 1.82) is 0 Å². The number of hydrogen-bond donors (Lipinski definition) is 1. The molecule has 0 saturated carbocycles. The summed E-state index contributed by atoms with van der Waals surface area (Å²) in [5.41, 5.74) is 0. The van der Waals surface area contributed by atoms with Gasteiger partial charge in [0.25, 0.3) is 0 Å². The van der Waals surface area contributed by atoms with E-state index in [0.29, 0.717) is 12.8 Å². The van der Waals surface area contributed by atoms with Gasteiger partial charge in [0.15, 0.2) is 0 Å². The van der Waals surface area contributed by atoms with Crippen molar-refractivity contribution >= 4 is 10.1 Å². The first-order chi connectivity index (χ1) is 14.0. The van der Waals surface area contributed by atoms with E-state index in [0.717, 1.165) is 12.8 Å². The van der Waals surface area contributed by atoms with Gasteiger partial charge in [-0.3, -0.25) is 0 Å². The molecular formula is C24H49KO4S. The fourth-order valence-corrected chi connectivity index (χ4v) is 4.59. The van der Waals surface area contributed by atoms with Gasteiger partial charge in [-0.25, -0.2) is 8.42 Å². The molecule has 0 radical (unpaired) electrons. The molecule has 1 N–H and O–H groups in total. The maximum atomic E-state index is 10.9. The average molecular weight is 473 g/mol. The molecule has 0 rings (SSSR count). The monoisotopic (exact) mass is 472 g/mol. The minimum atomic E-state index is -4.34. The molecule has 0 heterocycles. The van der Waals surface area contributed by atoms with Crippen LogP contribution in [0.3, 0.4) is 0 Å². The van der Waals surface area contributed by atoms with Gasteiger partial charge in [-0.1, -0.05) is 135 Å². The Labute approximate surface area is 230 Å². The maximum Gasteiger partial charge on any atom is 1.00 e. The SMILES string of the molecule is CCCCCCCCCCCCCCCCCCCCCCC(CO)S(=O)(=O)[O-].[K+]. The van der Waals surface area contributed by atoms with Crippen LogP contribution >= 0.6 is 0 Å². The Balaban J connectivity index is 0. The van der Waals surface area contributed by atoms with Gasteiger partial charge in [-0.2, -0.15) is 0 Å². The predicted molar refractivity (Wildman–Crippen MR) is 123 cm³/mol. The summed E-state index contributed by atoms with van der Waals surface area (Å²) in [7, 11) is -4.34. The second-order valence-electron chi connectivity index (χ2n) is 8.80. The zero-order valence-electron chi connectivity index (χ0n) is 20.2. The molecule has 0 aliphatic carbocycles. The molecule has 0 amide bonds. The summed E-state index contributed by atoms with van der Waals surface area (Å²) in [6.45, 7) is 1.72. The zero-order chi connectivity index (χ0) is 21.6. The Bertz CT molecular complexity index is 429. The van der Waals surface area contributed by atoms with Crippen LogP contribution in [-0.2, 0) is 10.1 Å². The van der Waals surface area contributed by atoms with Gasteiger partial charge in [0.05, 0.1) is 22.0 Å². The van der Waals surface area contributed by atoms with Gasteiger partial charge in [0.1, 0.15) is 0 Å². The minimum absolute atomic E-state index is 0. The molecule has 0 aliphatic rings. The smallest absolute Gasteiger partial charge is 0.748 e. The fraction of sp³-hybridized carbons (Fsp3) is 1.00. The van der Waals surface area contributed by atoms with Crippen molar-refractivity contribution in [3.8, 4) is 0 Å². The molecule has 176 valence electrons. The molecule has 30 heavy (non-hydrogen) atoms. The third-order valence-corrected chi connectivity index (χ3v) is 7.19. The van der Waals surface area contributed by atoms with E-state index in [1.54, 1.807) is 0 Å². The van der Waals surface area contributed by atoms with Crippen LogP contribution in [0.25, 0.3) is 0 Å². The summed E-state index contributed by atoms with van der Waals surface area (Å²) < 4.78 is 32.6. The number of hydrogen-bond acceptors (Lipinski definition) is 4. The predicted octanol–water partition coefficient (Wildman–Crippen LogP) is 4.11. The fourth-order valence-electron chi connectivity index (χ4n) is 3.95. The minimum Gasteiger partial charge on any atom is -0.748 e. The van der Waals surface area contributed by atoms with Crippen molar-refractivity contribution in [1.82, 2.24) is 0 Å². The van der Waals surface area contributed by atoms with E-state index in [1.165, 1.54) is 109 Å². The molecule has 0 saturated heterocycles. The molecular weight excluding hydrogens is 423 g/mol. The molecule has 0 aromatic carbocycles. The van der Waals surface area contributed by atoms with Crippen LogP contribution in [0.5, 0.6) is 0 Å². The topological polar surface area (TPSA) is 77.4 Å². The molecule has 1 atom stereocenters. The Kier molecular flexibility index (Phi) is 28.2. The second-order valence-corrected chi connectivity index (χ2v) is 10.5. The van der Waals surface area contributed by atoms with Crippen LogP contribution in [0.1, 0.15) is 142 Å². The third kappa shape index (κ3) is 24.2. The van der Waals surface area contributed by atoms with Crippen LogP contribution in [0.4, 0.5) is 0 Å². The van der Waals surface area contributed by atoms with E-state index < -0.39 is 22.0 Å². The summed E-state index contributed by atoms with van der Waals surface area (Å²) in [5.74, 6) is 0. The molecule has 0 spiro atoms. The van der Waals surface area contributed by atoms with Gasteiger partial charge in [0, 0.05) is 0 Å². The van der Waals surface area contributed by atoms with E-state index in [1.807, 2.05) is 0 Å². The van der Waals surface area contributed by atoms with Crippen molar-refractivity contribution in [3.63, 3.8) is 0 Å². The van der Waals surface area contributed by atoms with Crippen LogP contribution in [0.15, 0.2) is 0 Å². The first kappa shape index (κ1) is 33.7. The molecule has 0 aromatic heterocycles. The van der Waals surface area contributed by atoms with Crippen LogP contribution in [0, 0.1) is 0 Å². The van der Waals surface area contributed by atoms with Gasteiger partial charge in [-0.05, 0) is 6.42 Å². The van der Waals surface area contributed by atoms with Crippen molar-refractivity contribution in [2.75, 3.05) is 6.61 Å². The second kappa shape index (κ2) is 25.1. The molecule has 0 fully saturated rings. The Hall–Kier alpha value is 1.51. The van der Waals surface area contributed by atoms with E-state index in [2.05, 4.69) is 6.92 Å². The molecule has 4 nitrogen and oxygen atoms in total. The average Bonchev–Trinajstić information content (AvgIpc) is 2.68. The Morgan fingerprint density at radius 1 is 0.600 bits per heavy atom. The summed E-state index contributed by atoms with van der Waals surface area (Å²) in [5, 5.41) is 7.83. The van der Waals surface area contributed by atoms with Crippen molar-refractivity contribution < 1.29 is 69.5 Å². The maximum absolute atomic E-state index is 10.9. The molecule has 0 aliphatic heterocycles. The summed E-state index contributed by atoms with van der Waals surface area (Å²) >= 11 is 0. The first-order valence-corrected chi connectivity index (χ1v) is 14.0. The Morgan fingerprint density at radius 2 is 0.867 bits per heavy atom. The Morgan fingerprint density at radius 3 is 1.10 bits per heavy atom. The standard InChI is InChI=1S/C24H50O4S.K/c1-2-3-4-5-6-7-8-9-10-11-12-13-14-15-16-17-18-19-20-21-22-24(23-25)29(26,27)28;/h24-25H,2-23H2,1H3,(H,26,27,28);/q;+1/p-1. The number of rotatable bonds is 23.